The third kappa shape index (κ3) is 2.22. The van der Waals surface area contributed by atoms with Crippen LogP contribution >= 0.6 is 11.6 Å². The zero-order valence-electron chi connectivity index (χ0n) is 11.3. The van der Waals surface area contributed by atoms with E-state index >= 15 is 0 Å². The summed E-state index contributed by atoms with van der Waals surface area (Å²) in [6.07, 6.45) is 0.182. The molecule has 0 aliphatic carbocycles. The first-order chi connectivity index (χ1) is 8.62. The maximum Gasteiger partial charge on any atom is 0.131 e. The minimum Gasteiger partial charge on any atom is -0.377 e. The Balaban J connectivity index is 2.28. The van der Waals surface area contributed by atoms with Gasteiger partial charge in [0.2, 0.25) is 0 Å². The summed E-state index contributed by atoms with van der Waals surface area (Å²) in [4.78, 5) is 2.24. The molecule has 0 bridgehead atoms. The molecule has 1 aliphatic rings. The monoisotopic (exact) mass is 273 g/mol. The summed E-state index contributed by atoms with van der Waals surface area (Å²) in [5, 5.41) is 4.44. The van der Waals surface area contributed by atoms with Crippen LogP contribution < -0.4 is 4.90 Å². The topological polar surface area (TPSA) is 39.5 Å². The van der Waals surface area contributed by atoms with Gasteiger partial charge in [-0.25, -0.2) is 0 Å². The van der Waals surface area contributed by atoms with Crippen molar-refractivity contribution in [3.05, 3.63) is 11.3 Å². The zero-order valence-corrected chi connectivity index (χ0v) is 12.1. The Hall–Kier alpha value is -0.780. The van der Waals surface area contributed by atoms with Gasteiger partial charge in [-0.2, -0.15) is 5.10 Å². The number of methoxy groups -OCH3 is 2. The van der Waals surface area contributed by atoms with Crippen molar-refractivity contribution >= 4 is 17.4 Å². The number of halogens is 1. The lowest BCUT2D eigenvalue weighted by Gasteiger charge is -2.19. The van der Waals surface area contributed by atoms with E-state index < -0.39 is 0 Å². The van der Waals surface area contributed by atoms with Crippen LogP contribution in [0.2, 0.25) is 0 Å². The molecule has 6 heteroatoms. The fourth-order valence-corrected chi connectivity index (χ4v) is 2.92. The lowest BCUT2D eigenvalue weighted by atomic mass is 10.2. The summed E-state index contributed by atoms with van der Waals surface area (Å²) in [7, 11) is 5.38. The van der Waals surface area contributed by atoms with E-state index in [1.165, 1.54) is 0 Å². The van der Waals surface area contributed by atoms with Crippen molar-refractivity contribution in [3.8, 4) is 0 Å². The average molecular weight is 274 g/mol. The molecule has 2 heterocycles. The Kier molecular flexibility index (Phi) is 4.14. The fourth-order valence-electron chi connectivity index (χ4n) is 2.61. The summed E-state index contributed by atoms with van der Waals surface area (Å²) >= 11 is 6.03. The number of aromatic nitrogens is 2. The Morgan fingerprint density at radius 3 is 2.28 bits per heavy atom. The van der Waals surface area contributed by atoms with Crippen molar-refractivity contribution in [2.75, 3.05) is 32.2 Å². The third-order valence-corrected chi connectivity index (χ3v) is 3.83. The first-order valence-corrected chi connectivity index (χ1v) is 6.54. The van der Waals surface area contributed by atoms with Crippen molar-refractivity contribution in [1.29, 1.82) is 0 Å². The van der Waals surface area contributed by atoms with Crippen LogP contribution in [-0.2, 0) is 22.4 Å². The number of ether oxygens (including phenoxy) is 2. The minimum absolute atomic E-state index is 0.0911. The molecule has 1 saturated heterocycles. The predicted octanol–water partition coefficient (Wildman–Crippen LogP) is 1.32. The molecule has 102 valence electrons. The number of nitrogens with zero attached hydrogens (tertiary/aromatic N) is 3. The Morgan fingerprint density at radius 1 is 1.28 bits per heavy atom. The number of anilines is 1. The third-order valence-electron chi connectivity index (χ3n) is 3.57. The summed E-state index contributed by atoms with van der Waals surface area (Å²) in [6.45, 7) is 3.59. The second-order valence-electron chi connectivity index (χ2n) is 4.60. The van der Waals surface area contributed by atoms with Gasteiger partial charge in [-0.1, -0.05) is 0 Å². The van der Waals surface area contributed by atoms with Crippen LogP contribution in [0.3, 0.4) is 0 Å². The SMILES string of the molecule is COC1CN(c2c(CCl)c(C)nn2C)CC1OC. The number of rotatable bonds is 4. The second-order valence-corrected chi connectivity index (χ2v) is 4.87. The van der Waals surface area contributed by atoms with Gasteiger partial charge in [0.1, 0.15) is 18.0 Å². The molecule has 1 aliphatic heterocycles. The van der Waals surface area contributed by atoms with E-state index in [4.69, 9.17) is 21.1 Å². The normalized spacial score (nSPS) is 23.9. The van der Waals surface area contributed by atoms with E-state index in [-0.39, 0.29) is 12.2 Å². The maximum absolute atomic E-state index is 6.03. The molecular weight excluding hydrogens is 254 g/mol. The lowest BCUT2D eigenvalue weighted by Crippen LogP contribution is -2.27. The van der Waals surface area contributed by atoms with Gasteiger partial charge in [0.15, 0.2) is 0 Å². The molecule has 2 rings (SSSR count). The predicted molar refractivity (Wildman–Crippen MR) is 71.3 cm³/mol. The van der Waals surface area contributed by atoms with Gasteiger partial charge < -0.3 is 14.4 Å². The molecule has 2 unspecified atom stereocenters. The van der Waals surface area contributed by atoms with Gasteiger partial charge in [0.05, 0.1) is 11.6 Å². The van der Waals surface area contributed by atoms with Gasteiger partial charge >= 0.3 is 0 Å². The van der Waals surface area contributed by atoms with Crippen LogP contribution in [0.15, 0.2) is 0 Å². The molecular formula is C12H20ClN3O2. The van der Waals surface area contributed by atoms with Crippen LogP contribution in [0.25, 0.3) is 0 Å². The molecule has 1 aromatic rings. The van der Waals surface area contributed by atoms with Crippen molar-refractivity contribution in [2.45, 2.75) is 25.0 Å². The molecule has 0 saturated carbocycles. The molecule has 1 aromatic heterocycles. The van der Waals surface area contributed by atoms with Gasteiger partial charge in [-0.3, -0.25) is 4.68 Å². The zero-order chi connectivity index (χ0) is 13.3. The number of hydrogen-bond donors (Lipinski definition) is 0. The highest BCUT2D eigenvalue weighted by molar-refractivity contribution is 6.17. The highest BCUT2D eigenvalue weighted by atomic mass is 35.5. The number of hydrogen-bond acceptors (Lipinski definition) is 4. The average Bonchev–Trinajstić information content (AvgIpc) is 2.88. The minimum atomic E-state index is 0.0911. The van der Waals surface area contributed by atoms with Crippen molar-refractivity contribution in [1.82, 2.24) is 9.78 Å². The summed E-state index contributed by atoms with van der Waals surface area (Å²) in [5.41, 5.74) is 2.07. The summed E-state index contributed by atoms with van der Waals surface area (Å²) < 4.78 is 12.8. The van der Waals surface area contributed by atoms with E-state index in [0.29, 0.717) is 5.88 Å². The van der Waals surface area contributed by atoms with Crippen molar-refractivity contribution in [3.63, 3.8) is 0 Å². The van der Waals surface area contributed by atoms with Crippen LogP contribution in [0, 0.1) is 6.92 Å². The first kappa shape index (κ1) is 13.6. The molecule has 0 amide bonds. The van der Waals surface area contributed by atoms with Crippen LogP contribution in [0.5, 0.6) is 0 Å². The Labute approximate surface area is 113 Å². The Bertz CT molecular complexity index is 410. The van der Waals surface area contributed by atoms with Crippen molar-refractivity contribution in [2.24, 2.45) is 7.05 Å². The maximum atomic E-state index is 6.03. The van der Waals surface area contributed by atoms with Crippen molar-refractivity contribution < 1.29 is 9.47 Å². The summed E-state index contributed by atoms with van der Waals surface area (Å²) in [6, 6.07) is 0. The number of alkyl halides is 1. The van der Waals surface area contributed by atoms with E-state index in [1.807, 2.05) is 18.7 Å². The van der Waals surface area contributed by atoms with Gasteiger partial charge in [0, 0.05) is 39.9 Å². The van der Waals surface area contributed by atoms with E-state index in [9.17, 15) is 0 Å². The quantitative estimate of drug-likeness (QED) is 0.776. The summed E-state index contributed by atoms with van der Waals surface area (Å²) in [5.74, 6) is 1.55. The van der Waals surface area contributed by atoms with Gasteiger partial charge in [-0.15, -0.1) is 11.6 Å². The largest absolute Gasteiger partial charge is 0.377 e. The van der Waals surface area contributed by atoms with Crippen LogP contribution in [0.4, 0.5) is 5.82 Å². The highest BCUT2D eigenvalue weighted by Gasteiger charge is 2.35. The second kappa shape index (κ2) is 5.47. The van der Waals surface area contributed by atoms with E-state index in [2.05, 4.69) is 10.00 Å². The molecule has 18 heavy (non-hydrogen) atoms. The molecule has 5 nitrogen and oxygen atoms in total. The van der Waals surface area contributed by atoms with E-state index in [1.54, 1.807) is 14.2 Å². The van der Waals surface area contributed by atoms with Gasteiger partial charge in [-0.05, 0) is 6.92 Å². The Morgan fingerprint density at radius 2 is 1.83 bits per heavy atom. The molecule has 2 atom stereocenters. The standard InChI is InChI=1S/C12H20ClN3O2/c1-8-9(5-13)12(15(2)14-8)16-6-10(17-3)11(7-16)18-4/h10-11H,5-7H2,1-4H3. The molecule has 0 aromatic carbocycles. The fraction of sp³-hybridized carbons (Fsp3) is 0.750. The molecule has 1 fully saturated rings. The molecule has 0 spiro atoms. The lowest BCUT2D eigenvalue weighted by molar-refractivity contribution is -0.00461. The van der Waals surface area contributed by atoms with Crippen LogP contribution in [-0.4, -0.2) is 49.3 Å². The smallest absolute Gasteiger partial charge is 0.131 e. The van der Waals surface area contributed by atoms with E-state index in [0.717, 1.165) is 30.2 Å². The first-order valence-electron chi connectivity index (χ1n) is 6.01. The highest BCUT2D eigenvalue weighted by Crippen LogP contribution is 2.29. The number of aryl methyl sites for hydroxylation is 2. The molecule has 0 N–H and O–H groups in total. The van der Waals surface area contributed by atoms with Gasteiger partial charge in [0.25, 0.3) is 0 Å². The molecule has 0 radical (unpaired) electrons. The van der Waals surface area contributed by atoms with Crippen LogP contribution in [0.1, 0.15) is 11.3 Å².